The molecule has 0 spiro atoms. The number of anilines is 1. The molecule has 2 aromatic carbocycles. The van der Waals surface area contributed by atoms with Crippen molar-refractivity contribution in [3.05, 3.63) is 64.1 Å². The zero-order chi connectivity index (χ0) is 15.2. The molecule has 0 radical (unpaired) electrons. The molecule has 0 amide bonds. The number of esters is 1. The highest BCUT2D eigenvalue weighted by molar-refractivity contribution is 9.10. The summed E-state index contributed by atoms with van der Waals surface area (Å²) in [7, 11) is 1.39. The molecule has 2 aromatic rings. The van der Waals surface area contributed by atoms with Crippen molar-refractivity contribution >= 4 is 27.6 Å². The van der Waals surface area contributed by atoms with Crippen LogP contribution in [0.2, 0.25) is 0 Å². The Morgan fingerprint density at radius 2 is 1.90 bits per heavy atom. The Kier molecular flexibility index (Phi) is 5.39. The third kappa shape index (κ3) is 3.85. The average Bonchev–Trinajstić information content (AvgIpc) is 2.53. The lowest BCUT2D eigenvalue weighted by molar-refractivity contribution is 0.0600. The average molecular weight is 348 g/mol. The first kappa shape index (κ1) is 15.6. The van der Waals surface area contributed by atoms with E-state index in [2.05, 4.69) is 39.9 Å². The normalized spacial score (nSPS) is 10.2. The Bertz CT molecular complexity index is 613. The lowest BCUT2D eigenvalue weighted by Crippen LogP contribution is -2.22. The van der Waals surface area contributed by atoms with Crippen molar-refractivity contribution in [3.8, 4) is 0 Å². The zero-order valence-corrected chi connectivity index (χ0v) is 13.8. The van der Waals surface area contributed by atoms with Gasteiger partial charge in [-0.05, 0) is 36.8 Å². The monoisotopic (exact) mass is 347 g/mol. The molecular formula is C17H18BrNO2. The maximum absolute atomic E-state index is 11.5. The Labute approximate surface area is 133 Å². The fourth-order valence-corrected chi connectivity index (χ4v) is 2.65. The largest absolute Gasteiger partial charge is 0.465 e. The van der Waals surface area contributed by atoms with E-state index < -0.39 is 0 Å². The van der Waals surface area contributed by atoms with Gasteiger partial charge >= 0.3 is 5.97 Å². The maximum Gasteiger partial charge on any atom is 0.337 e. The van der Waals surface area contributed by atoms with Gasteiger partial charge in [0.15, 0.2) is 0 Å². The lowest BCUT2D eigenvalue weighted by Gasteiger charge is -2.24. The third-order valence-electron chi connectivity index (χ3n) is 3.34. The predicted octanol–water partition coefficient (Wildman–Crippen LogP) is 4.26. The summed E-state index contributed by atoms with van der Waals surface area (Å²) in [6.07, 6.45) is 0. The van der Waals surface area contributed by atoms with Crippen LogP contribution >= 0.6 is 15.9 Å². The first-order valence-electron chi connectivity index (χ1n) is 6.82. The van der Waals surface area contributed by atoms with E-state index >= 15 is 0 Å². The number of carbonyl (C=O) groups is 1. The molecule has 0 N–H and O–H groups in total. The second-order valence-electron chi connectivity index (χ2n) is 4.65. The topological polar surface area (TPSA) is 29.5 Å². The standard InChI is InChI=1S/C17H18BrNO2/c1-3-19(15-7-5-4-6-8-15)12-14-10-9-13(11-16(14)18)17(20)21-2/h4-11H,3,12H2,1-2H3. The van der Waals surface area contributed by atoms with Crippen LogP contribution in [0.25, 0.3) is 0 Å². The Morgan fingerprint density at radius 1 is 1.19 bits per heavy atom. The van der Waals surface area contributed by atoms with Crippen LogP contribution in [0, 0.1) is 0 Å². The smallest absolute Gasteiger partial charge is 0.337 e. The van der Waals surface area contributed by atoms with E-state index in [1.807, 2.05) is 24.3 Å². The Hall–Kier alpha value is -1.81. The van der Waals surface area contributed by atoms with Crippen LogP contribution in [0.3, 0.4) is 0 Å². The van der Waals surface area contributed by atoms with Crippen LogP contribution in [0.5, 0.6) is 0 Å². The molecule has 110 valence electrons. The summed E-state index contributed by atoms with van der Waals surface area (Å²) in [6.45, 7) is 3.82. The number of halogens is 1. The summed E-state index contributed by atoms with van der Waals surface area (Å²) in [4.78, 5) is 13.8. The molecule has 0 atom stereocenters. The van der Waals surface area contributed by atoms with Crippen molar-refractivity contribution in [1.82, 2.24) is 0 Å². The summed E-state index contributed by atoms with van der Waals surface area (Å²) >= 11 is 3.54. The number of methoxy groups -OCH3 is 1. The number of nitrogens with zero attached hydrogens (tertiary/aromatic N) is 1. The van der Waals surface area contributed by atoms with Crippen molar-refractivity contribution < 1.29 is 9.53 Å². The van der Waals surface area contributed by atoms with Gasteiger partial charge in [-0.3, -0.25) is 0 Å². The molecule has 3 nitrogen and oxygen atoms in total. The number of rotatable bonds is 5. The number of hydrogen-bond acceptors (Lipinski definition) is 3. The number of ether oxygens (including phenoxy) is 1. The maximum atomic E-state index is 11.5. The van der Waals surface area contributed by atoms with Crippen LogP contribution in [0.1, 0.15) is 22.8 Å². The van der Waals surface area contributed by atoms with Gasteiger partial charge in [0.1, 0.15) is 0 Å². The molecule has 4 heteroatoms. The molecule has 0 aliphatic rings. The van der Waals surface area contributed by atoms with Crippen molar-refractivity contribution in [2.24, 2.45) is 0 Å². The van der Waals surface area contributed by atoms with E-state index in [4.69, 9.17) is 4.74 Å². The van der Waals surface area contributed by atoms with Crippen LogP contribution in [0.4, 0.5) is 5.69 Å². The molecule has 0 aliphatic heterocycles. The first-order valence-corrected chi connectivity index (χ1v) is 7.61. The molecule has 0 heterocycles. The molecule has 21 heavy (non-hydrogen) atoms. The minimum Gasteiger partial charge on any atom is -0.465 e. The van der Waals surface area contributed by atoms with Gasteiger partial charge in [-0.25, -0.2) is 4.79 Å². The quantitative estimate of drug-likeness (QED) is 0.756. The molecular weight excluding hydrogens is 330 g/mol. The van der Waals surface area contributed by atoms with Gasteiger partial charge < -0.3 is 9.64 Å². The molecule has 0 aliphatic carbocycles. The van der Waals surface area contributed by atoms with E-state index in [-0.39, 0.29) is 5.97 Å². The number of hydrogen-bond donors (Lipinski definition) is 0. The summed E-state index contributed by atoms with van der Waals surface area (Å²) in [5, 5.41) is 0. The highest BCUT2D eigenvalue weighted by atomic mass is 79.9. The Morgan fingerprint density at radius 3 is 2.48 bits per heavy atom. The molecule has 0 bridgehead atoms. The first-order chi connectivity index (χ1) is 10.2. The van der Waals surface area contributed by atoms with Gasteiger partial charge in [-0.2, -0.15) is 0 Å². The van der Waals surface area contributed by atoms with E-state index in [0.717, 1.165) is 23.1 Å². The van der Waals surface area contributed by atoms with Gasteiger partial charge in [0.25, 0.3) is 0 Å². The van der Waals surface area contributed by atoms with Crippen LogP contribution in [-0.2, 0) is 11.3 Å². The fourth-order valence-electron chi connectivity index (χ4n) is 2.15. The SMILES string of the molecule is CCN(Cc1ccc(C(=O)OC)cc1Br)c1ccccc1. The number of benzene rings is 2. The van der Waals surface area contributed by atoms with Crippen LogP contribution in [-0.4, -0.2) is 19.6 Å². The van der Waals surface area contributed by atoms with Gasteiger partial charge in [0.2, 0.25) is 0 Å². The molecule has 0 unspecified atom stereocenters. The second-order valence-corrected chi connectivity index (χ2v) is 5.50. The lowest BCUT2D eigenvalue weighted by atomic mass is 10.1. The minimum atomic E-state index is -0.322. The van der Waals surface area contributed by atoms with E-state index in [1.165, 1.54) is 12.8 Å². The van der Waals surface area contributed by atoms with E-state index in [9.17, 15) is 4.79 Å². The zero-order valence-electron chi connectivity index (χ0n) is 12.2. The minimum absolute atomic E-state index is 0.322. The van der Waals surface area contributed by atoms with Crippen molar-refractivity contribution in [3.63, 3.8) is 0 Å². The molecule has 2 rings (SSSR count). The van der Waals surface area contributed by atoms with Crippen molar-refractivity contribution in [2.45, 2.75) is 13.5 Å². The molecule has 0 saturated heterocycles. The highest BCUT2D eigenvalue weighted by Gasteiger charge is 2.11. The van der Waals surface area contributed by atoms with E-state index in [1.54, 1.807) is 12.1 Å². The van der Waals surface area contributed by atoms with Crippen LogP contribution in [0.15, 0.2) is 53.0 Å². The van der Waals surface area contributed by atoms with Crippen molar-refractivity contribution in [1.29, 1.82) is 0 Å². The van der Waals surface area contributed by atoms with Gasteiger partial charge in [0, 0.05) is 23.2 Å². The van der Waals surface area contributed by atoms with E-state index in [0.29, 0.717) is 5.56 Å². The summed E-state index contributed by atoms with van der Waals surface area (Å²) in [6, 6.07) is 15.8. The van der Waals surface area contributed by atoms with Crippen molar-refractivity contribution in [2.75, 3.05) is 18.6 Å². The summed E-state index contributed by atoms with van der Waals surface area (Å²) < 4.78 is 5.65. The van der Waals surface area contributed by atoms with Gasteiger partial charge in [0.05, 0.1) is 12.7 Å². The summed E-state index contributed by atoms with van der Waals surface area (Å²) in [5.41, 5.74) is 2.87. The number of carbonyl (C=O) groups excluding carboxylic acids is 1. The third-order valence-corrected chi connectivity index (χ3v) is 4.08. The molecule has 0 aromatic heterocycles. The molecule has 0 saturated carbocycles. The highest BCUT2D eigenvalue weighted by Crippen LogP contribution is 2.23. The van der Waals surface area contributed by atoms with Gasteiger partial charge in [-0.15, -0.1) is 0 Å². The number of para-hydroxylation sites is 1. The van der Waals surface area contributed by atoms with Crippen LogP contribution < -0.4 is 4.90 Å². The predicted molar refractivity (Wildman–Crippen MR) is 88.6 cm³/mol. The molecule has 0 fully saturated rings. The summed E-state index contributed by atoms with van der Waals surface area (Å²) in [5.74, 6) is -0.322. The fraction of sp³-hybridized carbons (Fsp3) is 0.235. The van der Waals surface area contributed by atoms with Gasteiger partial charge in [-0.1, -0.05) is 40.2 Å². The second kappa shape index (κ2) is 7.27. The Balaban J connectivity index is 2.20.